The molecule has 0 aliphatic carbocycles. The number of carbonyl (C=O) groups is 1. The Labute approximate surface area is 169 Å². The summed E-state index contributed by atoms with van der Waals surface area (Å²) in [6.45, 7) is 6.50. The number of fused-ring (bicyclic) bond motifs is 1. The second-order valence-electron chi connectivity index (χ2n) is 7.06. The van der Waals surface area contributed by atoms with Crippen LogP contribution in [0, 0.1) is 6.92 Å². The van der Waals surface area contributed by atoms with Crippen molar-refractivity contribution in [2.45, 2.75) is 44.9 Å². The van der Waals surface area contributed by atoms with Crippen LogP contribution in [0.3, 0.4) is 0 Å². The summed E-state index contributed by atoms with van der Waals surface area (Å²) in [5.41, 5.74) is 3.07. The van der Waals surface area contributed by atoms with Gasteiger partial charge in [-0.15, -0.1) is 0 Å². The molecule has 1 N–H and O–H groups in total. The second kappa shape index (κ2) is 8.65. The van der Waals surface area contributed by atoms with E-state index in [0.29, 0.717) is 22.7 Å². The fourth-order valence-electron chi connectivity index (χ4n) is 3.04. The highest BCUT2D eigenvalue weighted by molar-refractivity contribution is 7.99. The highest BCUT2D eigenvalue weighted by Crippen LogP contribution is 2.23. The molecule has 0 bridgehead atoms. The van der Waals surface area contributed by atoms with Gasteiger partial charge in [-0.1, -0.05) is 49.0 Å². The number of hydrogen-bond donors (Lipinski definition) is 1. The minimum Gasteiger partial charge on any atom is -0.353 e. The van der Waals surface area contributed by atoms with Crippen LogP contribution in [0.5, 0.6) is 0 Å². The molecule has 0 aliphatic rings. The molecule has 1 atom stereocenters. The summed E-state index contributed by atoms with van der Waals surface area (Å²) in [5, 5.41) is 0.590. The predicted molar refractivity (Wildman–Crippen MR) is 114 cm³/mol. The van der Waals surface area contributed by atoms with E-state index in [1.54, 1.807) is 16.5 Å². The van der Waals surface area contributed by atoms with Gasteiger partial charge in [0.2, 0.25) is 5.91 Å². The van der Waals surface area contributed by atoms with Crippen LogP contribution in [0.2, 0.25) is 0 Å². The minimum absolute atomic E-state index is 0.00384. The summed E-state index contributed by atoms with van der Waals surface area (Å²) in [6, 6.07) is 11.8. The Morgan fingerprint density at radius 1 is 1.32 bits per heavy atom. The molecule has 0 unspecified atom stereocenters. The predicted octanol–water partition coefficient (Wildman–Crippen LogP) is 3.75. The molecule has 0 saturated carbocycles. The Kier molecular flexibility index (Phi) is 6.24. The van der Waals surface area contributed by atoms with Crippen LogP contribution in [0.15, 0.2) is 46.3 Å². The van der Waals surface area contributed by atoms with E-state index in [-0.39, 0.29) is 23.3 Å². The smallest absolute Gasteiger partial charge is 0.278 e. The number of nitrogens with zero attached hydrogens (tertiary/aromatic N) is 3. The van der Waals surface area contributed by atoms with Crippen molar-refractivity contribution in [3.63, 3.8) is 0 Å². The van der Waals surface area contributed by atoms with Crippen LogP contribution in [-0.2, 0) is 11.3 Å². The first-order valence-corrected chi connectivity index (χ1v) is 10.4. The lowest BCUT2D eigenvalue weighted by molar-refractivity contribution is -0.127. The average Bonchev–Trinajstić information content (AvgIpc) is 3.07. The normalized spacial score (nSPS) is 12.3. The summed E-state index contributed by atoms with van der Waals surface area (Å²) in [7, 11) is 1.80. The van der Waals surface area contributed by atoms with E-state index in [2.05, 4.69) is 9.97 Å². The van der Waals surface area contributed by atoms with Gasteiger partial charge >= 0.3 is 0 Å². The lowest BCUT2D eigenvalue weighted by Crippen LogP contribution is -2.29. The van der Waals surface area contributed by atoms with Crippen molar-refractivity contribution < 1.29 is 4.79 Å². The number of carbonyl (C=O) groups excluding carboxylic acids is 1. The number of aryl methyl sites for hydroxylation is 1. The van der Waals surface area contributed by atoms with Crippen molar-refractivity contribution in [2.75, 3.05) is 12.8 Å². The number of rotatable bonds is 7. The van der Waals surface area contributed by atoms with Crippen molar-refractivity contribution in [3.8, 4) is 0 Å². The van der Waals surface area contributed by atoms with Crippen molar-refractivity contribution in [1.29, 1.82) is 0 Å². The van der Waals surface area contributed by atoms with E-state index in [9.17, 15) is 9.59 Å². The Balaban J connectivity index is 1.81. The Bertz CT molecular complexity index is 1030. The topological polar surface area (TPSA) is 71.0 Å². The SMILES string of the molecule is CC[C@H](C)n1c(SCC(=O)N(C)Cc2ccccc2)nc2cc(C)[nH]c2c1=O. The van der Waals surface area contributed by atoms with Crippen LogP contribution in [0.25, 0.3) is 11.0 Å². The summed E-state index contributed by atoms with van der Waals surface area (Å²) >= 11 is 1.32. The van der Waals surface area contributed by atoms with Gasteiger partial charge in [0.25, 0.3) is 5.56 Å². The fourth-order valence-corrected chi connectivity index (χ4v) is 4.08. The highest BCUT2D eigenvalue weighted by atomic mass is 32.2. The van der Waals surface area contributed by atoms with Gasteiger partial charge in [-0.2, -0.15) is 0 Å². The molecular weight excluding hydrogens is 372 g/mol. The molecule has 3 rings (SSSR count). The third-order valence-corrected chi connectivity index (χ3v) is 5.77. The maximum Gasteiger partial charge on any atom is 0.278 e. The van der Waals surface area contributed by atoms with Crippen LogP contribution in [0.1, 0.15) is 37.6 Å². The van der Waals surface area contributed by atoms with E-state index in [4.69, 9.17) is 0 Å². The lowest BCUT2D eigenvalue weighted by Gasteiger charge is -2.19. The molecule has 0 fully saturated rings. The number of aromatic nitrogens is 3. The van der Waals surface area contributed by atoms with Crippen molar-refractivity contribution in [2.24, 2.45) is 0 Å². The number of amides is 1. The van der Waals surface area contributed by atoms with Crippen molar-refractivity contribution >= 4 is 28.7 Å². The molecule has 28 heavy (non-hydrogen) atoms. The van der Waals surface area contributed by atoms with Gasteiger partial charge in [0.15, 0.2) is 5.16 Å². The van der Waals surface area contributed by atoms with E-state index >= 15 is 0 Å². The molecule has 2 aromatic heterocycles. The summed E-state index contributed by atoms with van der Waals surface area (Å²) < 4.78 is 1.70. The van der Waals surface area contributed by atoms with E-state index in [1.165, 1.54) is 11.8 Å². The monoisotopic (exact) mass is 398 g/mol. The molecule has 1 amide bonds. The average molecular weight is 399 g/mol. The van der Waals surface area contributed by atoms with Gasteiger partial charge in [0, 0.05) is 25.3 Å². The van der Waals surface area contributed by atoms with Crippen LogP contribution >= 0.6 is 11.8 Å². The maximum absolute atomic E-state index is 13.0. The second-order valence-corrected chi connectivity index (χ2v) is 8.01. The van der Waals surface area contributed by atoms with Gasteiger partial charge in [0.1, 0.15) is 5.52 Å². The zero-order chi connectivity index (χ0) is 20.3. The lowest BCUT2D eigenvalue weighted by atomic mass is 10.2. The van der Waals surface area contributed by atoms with E-state index in [0.717, 1.165) is 17.7 Å². The van der Waals surface area contributed by atoms with Gasteiger partial charge in [-0.05, 0) is 31.9 Å². The quantitative estimate of drug-likeness (QED) is 0.486. The molecular formula is C21H26N4O2S. The van der Waals surface area contributed by atoms with Gasteiger partial charge < -0.3 is 9.88 Å². The summed E-state index contributed by atoms with van der Waals surface area (Å²) in [4.78, 5) is 35.0. The zero-order valence-corrected chi connectivity index (χ0v) is 17.5. The third-order valence-electron chi connectivity index (χ3n) is 4.83. The molecule has 0 aliphatic heterocycles. The van der Waals surface area contributed by atoms with E-state index < -0.39 is 0 Å². The van der Waals surface area contributed by atoms with Crippen molar-refractivity contribution in [3.05, 3.63) is 58.0 Å². The molecule has 148 valence electrons. The number of nitrogens with one attached hydrogen (secondary N) is 1. The first-order valence-electron chi connectivity index (χ1n) is 9.43. The molecule has 0 spiro atoms. The Hall–Kier alpha value is -2.54. The summed E-state index contributed by atoms with van der Waals surface area (Å²) in [6.07, 6.45) is 0.808. The number of benzene rings is 1. The Morgan fingerprint density at radius 2 is 2.04 bits per heavy atom. The maximum atomic E-state index is 13.0. The van der Waals surface area contributed by atoms with Gasteiger partial charge in [-0.25, -0.2) is 4.98 Å². The summed E-state index contributed by atoms with van der Waals surface area (Å²) in [5.74, 6) is 0.241. The molecule has 7 heteroatoms. The molecule has 3 aromatic rings. The Morgan fingerprint density at radius 3 is 2.71 bits per heavy atom. The van der Waals surface area contributed by atoms with E-state index in [1.807, 2.05) is 57.2 Å². The third kappa shape index (κ3) is 4.30. The first-order chi connectivity index (χ1) is 13.4. The number of thioether (sulfide) groups is 1. The highest BCUT2D eigenvalue weighted by Gasteiger charge is 2.19. The standard InChI is InChI=1S/C21H26N4O2S/c1-5-15(3)25-20(27)19-17(11-14(2)22-19)23-21(25)28-13-18(26)24(4)12-16-9-7-6-8-10-16/h6-11,15,22H,5,12-13H2,1-4H3/t15-/m0/s1. The van der Waals surface area contributed by atoms with Crippen LogP contribution in [-0.4, -0.2) is 38.1 Å². The fraction of sp³-hybridized carbons (Fsp3) is 0.381. The largest absolute Gasteiger partial charge is 0.353 e. The number of hydrogen-bond acceptors (Lipinski definition) is 4. The van der Waals surface area contributed by atoms with Crippen molar-refractivity contribution in [1.82, 2.24) is 19.4 Å². The van der Waals surface area contributed by atoms with Gasteiger partial charge in [-0.3, -0.25) is 14.2 Å². The molecule has 0 saturated heterocycles. The molecule has 0 radical (unpaired) electrons. The molecule has 2 heterocycles. The first kappa shape index (κ1) is 20.2. The molecule has 1 aromatic carbocycles. The number of H-pyrrole nitrogens is 1. The van der Waals surface area contributed by atoms with Crippen LogP contribution < -0.4 is 5.56 Å². The minimum atomic E-state index is -0.0833. The molecule has 6 nitrogen and oxygen atoms in total. The van der Waals surface area contributed by atoms with Gasteiger partial charge in [0.05, 0.1) is 11.3 Å². The van der Waals surface area contributed by atoms with Crippen LogP contribution in [0.4, 0.5) is 0 Å². The zero-order valence-electron chi connectivity index (χ0n) is 16.7. The number of aromatic amines is 1.